The maximum Gasteiger partial charge on any atom is 0.312 e. The normalized spacial score (nSPS) is 14.0. The molecular weight excluding hydrogens is 540 g/mol. The van der Waals surface area contributed by atoms with Gasteiger partial charge in [-0.3, -0.25) is 24.1 Å². The van der Waals surface area contributed by atoms with Crippen molar-refractivity contribution >= 4 is 39.2 Å². The van der Waals surface area contributed by atoms with Gasteiger partial charge < -0.3 is 19.5 Å². The molecule has 0 aliphatic carbocycles. The Balaban J connectivity index is 1.95. The molecule has 0 bridgehead atoms. The predicted molar refractivity (Wildman–Crippen MR) is 147 cm³/mol. The second-order valence-electron chi connectivity index (χ2n) is 10.0. The molecule has 0 radical (unpaired) electrons. The van der Waals surface area contributed by atoms with Gasteiger partial charge >= 0.3 is 5.97 Å². The Bertz CT molecular complexity index is 1430. The smallest absolute Gasteiger partial charge is 0.312 e. The number of ether oxygens (including phenoxy) is 3. The Morgan fingerprint density at radius 2 is 1.75 bits per heavy atom. The van der Waals surface area contributed by atoms with Crippen molar-refractivity contribution in [2.24, 2.45) is 5.41 Å². The van der Waals surface area contributed by atoms with Crippen molar-refractivity contribution in [3.8, 4) is 11.5 Å². The SMILES string of the molecule is CCOc1cc([C@@H](CS(C)(=O)=O)N2C(=O)c3cccc(NC(=O)COC(=O)C(C)(C)CC)c3C2=O)ccc1OC. The lowest BCUT2D eigenvalue weighted by atomic mass is 9.91. The lowest BCUT2D eigenvalue weighted by Gasteiger charge is -2.27. The number of methoxy groups -OCH3 is 1. The van der Waals surface area contributed by atoms with E-state index < -0.39 is 57.3 Å². The molecule has 3 rings (SSSR count). The molecule has 11 nitrogen and oxygen atoms in total. The molecule has 40 heavy (non-hydrogen) atoms. The van der Waals surface area contributed by atoms with Crippen molar-refractivity contribution in [1.82, 2.24) is 4.90 Å². The van der Waals surface area contributed by atoms with Crippen molar-refractivity contribution in [2.45, 2.75) is 40.2 Å². The van der Waals surface area contributed by atoms with E-state index in [4.69, 9.17) is 14.2 Å². The molecule has 0 unspecified atom stereocenters. The molecule has 2 aromatic carbocycles. The van der Waals surface area contributed by atoms with E-state index >= 15 is 0 Å². The molecule has 1 atom stereocenters. The first-order chi connectivity index (χ1) is 18.7. The van der Waals surface area contributed by atoms with Crippen LogP contribution in [0.2, 0.25) is 0 Å². The third-order valence-electron chi connectivity index (χ3n) is 6.64. The number of anilines is 1. The van der Waals surface area contributed by atoms with Crippen LogP contribution in [0.25, 0.3) is 0 Å². The number of nitrogens with one attached hydrogen (secondary N) is 1. The number of nitrogens with zero attached hydrogens (tertiary/aromatic N) is 1. The summed E-state index contributed by atoms with van der Waals surface area (Å²) in [6.07, 6.45) is 1.53. The first-order valence-electron chi connectivity index (χ1n) is 12.7. The zero-order valence-electron chi connectivity index (χ0n) is 23.4. The summed E-state index contributed by atoms with van der Waals surface area (Å²) in [5.74, 6) is -2.55. The number of carbonyl (C=O) groups excluding carboxylic acids is 4. The lowest BCUT2D eigenvalue weighted by Crippen LogP contribution is -2.38. The van der Waals surface area contributed by atoms with Crippen LogP contribution < -0.4 is 14.8 Å². The number of esters is 1. The van der Waals surface area contributed by atoms with Gasteiger partial charge in [-0.1, -0.05) is 19.1 Å². The molecule has 0 saturated heterocycles. The van der Waals surface area contributed by atoms with E-state index in [1.165, 1.54) is 31.4 Å². The van der Waals surface area contributed by atoms with E-state index in [9.17, 15) is 27.6 Å². The fraction of sp³-hybridized carbons (Fsp3) is 0.429. The van der Waals surface area contributed by atoms with E-state index in [1.807, 2.05) is 6.92 Å². The van der Waals surface area contributed by atoms with Crippen LogP contribution in [0, 0.1) is 5.41 Å². The number of hydrogen-bond donors (Lipinski definition) is 1. The summed E-state index contributed by atoms with van der Waals surface area (Å²) in [5, 5.41) is 2.54. The fourth-order valence-electron chi connectivity index (χ4n) is 4.12. The first kappa shape index (κ1) is 30.6. The molecule has 2 aromatic rings. The highest BCUT2D eigenvalue weighted by atomic mass is 32.2. The zero-order valence-corrected chi connectivity index (χ0v) is 24.2. The highest BCUT2D eigenvalue weighted by Gasteiger charge is 2.43. The second kappa shape index (κ2) is 12.1. The van der Waals surface area contributed by atoms with E-state index in [0.717, 1.165) is 11.2 Å². The second-order valence-corrected chi connectivity index (χ2v) is 12.2. The average Bonchev–Trinajstić information content (AvgIpc) is 3.15. The molecule has 1 N–H and O–H groups in total. The molecule has 3 amide bonds. The maximum absolute atomic E-state index is 13.7. The summed E-state index contributed by atoms with van der Waals surface area (Å²) in [7, 11) is -2.22. The van der Waals surface area contributed by atoms with Crippen LogP contribution in [0.1, 0.15) is 66.4 Å². The Kier molecular flexibility index (Phi) is 9.24. The van der Waals surface area contributed by atoms with Crippen LogP contribution in [0.3, 0.4) is 0 Å². The quantitative estimate of drug-likeness (QED) is 0.298. The Morgan fingerprint density at radius 3 is 2.35 bits per heavy atom. The monoisotopic (exact) mass is 574 g/mol. The van der Waals surface area contributed by atoms with Crippen LogP contribution in [0.5, 0.6) is 11.5 Å². The molecule has 0 aromatic heterocycles. The minimum Gasteiger partial charge on any atom is -0.493 e. The molecule has 1 heterocycles. The molecule has 0 spiro atoms. The average molecular weight is 575 g/mol. The number of sulfone groups is 1. The Labute approximate surface area is 233 Å². The van der Waals surface area contributed by atoms with E-state index in [2.05, 4.69) is 5.32 Å². The first-order valence-corrected chi connectivity index (χ1v) is 14.8. The van der Waals surface area contributed by atoms with Crippen LogP contribution in [0.15, 0.2) is 36.4 Å². The van der Waals surface area contributed by atoms with Gasteiger partial charge in [-0.2, -0.15) is 0 Å². The number of rotatable bonds is 12. The van der Waals surface area contributed by atoms with Crippen molar-refractivity contribution in [3.05, 3.63) is 53.1 Å². The number of amides is 3. The largest absolute Gasteiger partial charge is 0.493 e. The number of imide groups is 1. The number of carbonyl (C=O) groups is 4. The molecule has 12 heteroatoms. The van der Waals surface area contributed by atoms with Gasteiger partial charge in [0.2, 0.25) is 0 Å². The molecular formula is C28H34N2O9S. The van der Waals surface area contributed by atoms with Gasteiger partial charge in [-0.25, -0.2) is 8.42 Å². The molecule has 0 saturated carbocycles. The molecule has 1 aliphatic heterocycles. The number of benzene rings is 2. The highest BCUT2D eigenvalue weighted by molar-refractivity contribution is 7.90. The van der Waals surface area contributed by atoms with Gasteiger partial charge in [0.25, 0.3) is 17.7 Å². The summed E-state index contributed by atoms with van der Waals surface area (Å²) in [6.45, 7) is 6.71. The highest BCUT2D eigenvalue weighted by Crippen LogP contribution is 2.38. The zero-order chi connectivity index (χ0) is 29.8. The Hall–Kier alpha value is -3.93. The van der Waals surface area contributed by atoms with Crippen molar-refractivity contribution in [3.63, 3.8) is 0 Å². The van der Waals surface area contributed by atoms with Crippen LogP contribution in [0.4, 0.5) is 5.69 Å². The van der Waals surface area contributed by atoms with E-state index in [-0.39, 0.29) is 16.8 Å². The minimum atomic E-state index is -3.68. The van der Waals surface area contributed by atoms with Crippen LogP contribution in [-0.2, 0) is 24.2 Å². The summed E-state index contributed by atoms with van der Waals surface area (Å²) in [5.41, 5.74) is -0.464. The van der Waals surface area contributed by atoms with Gasteiger partial charge in [-0.15, -0.1) is 0 Å². The third-order valence-corrected chi connectivity index (χ3v) is 7.56. The van der Waals surface area contributed by atoms with Gasteiger partial charge in [-0.05, 0) is 57.0 Å². The van der Waals surface area contributed by atoms with Crippen molar-refractivity contribution in [1.29, 1.82) is 0 Å². The minimum absolute atomic E-state index is 0.00366. The van der Waals surface area contributed by atoms with Crippen molar-refractivity contribution in [2.75, 3.05) is 37.6 Å². The van der Waals surface area contributed by atoms with E-state index in [0.29, 0.717) is 30.1 Å². The summed E-state index contributed by atoms with van der Waals surface area (Å²) in [4.78, 5) is 52.9. The van der Waals surface area contributed by atoms with Crippen LogP contribution >= 0.6 is 0 Å². The number of fused-ring (bicyclic) bond motifs is 1. The third kappa shape index (κ3) is 6.61. The molecule has 1 aliphatic rings. The van der Waals surface area contributed by atoms with E-state index in [1.54, 1.807) is 32.9 Å². The summed E-state index contributed by atoms with van der Waals surface area (Å²) in [6, 6.07) is 7.84. The molecule has 0 fully saturated rings. The van der Waals surface area contributed by atoms with Gasteiger partial charge in [0.15, 0.2) is 18.1 Å². The summed E-state index contributed by atoms with van der Waals surface area (Å²) < 4.78 is 40.9. The lowest BCUT2D eigenvalue weighted by molar-refractivity contribution is -0.156. The van der Waals surface area contributed by atoms with Gasteiger partial charge in [0.05, 0.1) is 47.7 Å². The number of hydrogen-bond acceptors (Lipinski definition) is 9. The fourth-order valence-corrected chi connectivity index (χ4v) is 5.04. The topological polar surface area (TPSA) is 145 Å². The maximum atomic E-state index is 13.7. The standard InChI is InChI=1S/C28H34N2O9S/c1-7-28(3,4)27(34)39-15-23(31)29-19-11-9-10-18-24(19)26(33)30(25(18)32)20(16-40(6,35)36)17-12-13-21(37-5)22(14-17)38-8-2/h9-14,20H,7-8,15-16H2,1-6H3,(H,29,31)/t20-/m1/s1. The summed E-state index contributed by atoms with van der Waals surface area (Å²) >= 11 is 0. The predicted octanol–water partition coefficient (Wildman–Crippen LogP) is 3.39. The molecule has 216 valence electrons. The van der Waals surface area contributed by atoms with Gasteiger partial charge in [0.1, 0.15) is 9.84 Å². The Morgan fingerprint density at radius 1 is 1.05 bits per heavy atom. The van der Waals surface area contributed by atoms with Crippen molar-refractivity contribution < 1.29 is 41.8 Å². The van der Waals surface area contributed by atoms with Crippen LogP contribution in [-0.4, -0.2) is 69.3 Å². The van der Waals surface area contributed by atoms with Gasteiger partial charge in [0, 0.05) is 6.26 Å².